The van der Waals surface area contributed by atoms with Gasteiger partial charge in [0.1, 0.15) is 12.2 Å². The molecule has 0 aliphatic carbocycles. The van der Waals surface area contributed by atoms with Gasteiger partial charge in [0, 0.05) is 18.7 Å². The van der Waals surface area contributed by atoms with Crippen molar-refractivity contribution in [2.24, 2.45) is 0 Å². The van der Waals surface area contributed by atoms with Crippen LogP contribution in [0.15, 0.2) is 54.9 Å². The van der Waals surface area contributed by atoms with Gasteiger partial charge in [-0.25, -0.2) is 0 Å². The van der Waals surface area contributed by atoms with Crippen molar-refractivity contribution in [1.29, 1.82) is 0 Å². The molecular weight excluding hydrogens is 290 g/mol. The normalized spacial score (nSPS) is 13.1. The molecule has 3 aromatic rings. The lowest BCUT2D eigenvalue weighted by Gasteiger charge is -2.23. The van der Waals surface area contributed by atoms with Crippen molar-refractivity contribution in [3.05, 3.63) is 66.2 Å². The van der Waals surface area contributed by atoms with Crippen molar-refractivity contribution >= 4 is 17.3 Å². The Morgan fingerprint density at radius 2 is 1.78 bits per heavy atom. The van der Waals surface area contributed by atoms with Crippen LogP contribution >= 0.6 is 0 Å². The highest BCUT2D eigenvalue weighted by Gasteiger charge is 2.26. The van der Waals surface area contributed by atoms with Gasteiger partial charge in [0.2, 0.25) is 0 Å². The zero-order valence-corrected chi connectivity index (χ0v) is 12.4. The first-order valence-electron chi connectivity index (χ1n) is 7.40. The molecule has 2 N–H and O–H groups in total. The number of hydrogen-bond acceptors (Lipinski definition) is 4. The predicted molar refractivity (Wildman–Crippen MR) is 87.6 cm³/mol. The van der Waals surface area contributed by atoms with Crippen molar-refractivity contribution in [3.63, 3.8) is 0 Å². The largest absolute Gasteiger partial charge is 0.398 e. The van der Waals surface area contributed by atoms with E-state index in [1.54, 1.807) is 23.4 Å². The van der Waals surface area contributed by atoms with Crippen LogP contribution in [0.2, 0.25) is 0 Å². The van der Waals surface area contributed by atoms with Crippen LogP contribution in [0.3, 0.4) is 0 Å². The van der Waals surface area contributed by atoms with Crippen molar-refractivity contribution in [2.75, 3.05) is 17.2 Å². The summed E-state index contributed by atoms with van der Waals surface area (Å²) in [5.74, 6) is 0.739. The summed E-state index contributed by atoms with van der Waals surface area (Å²) in [6.45, 7) is 0.531. The summed E-state index contributed by atoms with van der Waals surface area (Å²) in [4.78, 5) is 14.8. The van der Waals surface area contributed by atoms with E-state index in [-0.39, 0.29) is 5.91 Å². The predicted octanol–water partition coefficient (Wildman–Crippen LogP) is 2.05. The number of nitrogens with zero attached hydrogens (tertiary/aromatic N) is 4. The van der Waals surface area contributed by atoms with Crippen LogP contribution in [-0.2, 0) is 6.42 Å². The lowest BCUT2D eigenvalue weighted by atomic mass is 10.1. The minimum absolute atomic E-state index is 0.103. The first-order valence-corrected chi connectivity index (χ1v) is 7.40. The molecule has 0 atom stereocenters. The van der Waals surface area contributed by atoms with Gasteiger partial charge in [-0.15, -0.1) is 10.2 Å². The molecule has 114 valence electrons. The highest BCUT2D eigenvalue weighted by Crippen LogP contribution is 2.30. The van der Waals surface area contributed by atoms with Crippen LogP contribution in [0.4, 0.5) is 11.4 Å². The topological polar surface area (TPSA) is 77.0 Å². The molecule has 0 fully saturated rings. The molecule has 4 rings (SSSR count). The number of carbonyl (C=O) groups excluding carboxylic acids is 1. The van der Waals surface area contributed by atoms with Gasteiger partial charge in [0.05, 0.1) is 16.9 Å². The number of aromatic nitrogens is 3. The molecule has 1 amide bonds. The summed E-state index contributed by atoms with van der Waals surface area (Å²) >= 11 is 0. The molecule has 6 heteroatoms. The van der Waals surface area contributed by atoms with Crippen LogP contribution in [0.1, 0.15) is 16.2 Å². The van der Waals surface area contributed by atoms with Gasteiger partial charge >= 0.3 is 0 Å². The van der Waals surface area contributed by atoms with E-state index in [1.807, 2.05) is 41.0 Å². The van der Waals surface area contributed by atoms with E-state index in [1.165, 1.54) is 0 Å². The van der Waals surface area contributed by atoms with Crippen LogP contribution < -0.4 is 10.6 Å². The summed E-state index contributed by atoms with van der Waals surface area (Å²) in [5, 5.41) is 8.13. The maximum Gasteiger partial charge on any atom is 0.260 e. The van der Waals surface area contributed by atoms with E-state index in [2.05, 4.69) is 10.2 Å². The fraction of sp³-hybridized carbons (Fsp3) is 0.118. The second-order valence-electron chi connectivity index (χ2n) is 5.40. The molecule has 1 aromatic heterocycles. The summed E-state index contributed by atoms with van der Waals surface area (Å²) in [7, 11) is 0. The van der Waals surface area contributed by atoms with Crippen molar-refractivity contribution in [1.82, 2.24) is 14.8 Å². The number of carbonyl (C=O) groups is 1. The highest BCUT2D eigenvalue weighted by molar-refractivity contribution is 6.10. The van der Waals surface area contributed by atoms with Gasteiger partial charge < -0.3 is 10.6 Å². The first-order chi connectivity index (χ1) is 11.3. The lowest BCUT2D eigenvalue weighted by molar-refractivity contribution is 0.0988. The van der Waals surface area contributed by atoms with E-state index >= 15 is 0 Å². The zero-order valence-electron chi connectivity index (χ0n) is 12.4. The van der Waals surface area contributed by atoms with Gasteiger partial charge in [0.15, 0.2) is 0 Å². The van der Waals surface area contributed by atoms with E-state index in [0.717, 1.165) is 17.2 Å². The molecule has 0 bridgehead atoms. The van der Waals surface area contributed by atoms with Crippen LogP contribution in [0.5, 0.6) is 0 Å². The smallest absolute Gasteiger partial charge is 0.260 e. The van der Waals surface area contributed by atoms with Gasteiger partial charge in [-0.05, 0) is 24.3 Å². The molecular formula is C17H15N5O. The maximum absolute atomic E-state index is 13.0. The number of para-hydroxylation sites is 3. The third-order valence-electron chi connectivity index (χ3n) is 4.05. The van der Waals surface area contributed by atoms with Crippen molar-refractivity contribution in [3.8, 4) is 5.69 Å². The molecule has 2 heterocycles. The first kappa shape index (κ1) is 13.5. The summed E-state index contributed by atoms with van der Waals surface area (Å²) in [6, 6.07) is 14.9. The molecule has 1 aliphatic heterocycles. The fourth-order valence-corrected chi connectivity index (χ4v) is 2.91. The number of benzene rings is 2. The Kier molecular flexibility index (Phi) is 3.08. The number of nitrogen functional groups attached to an aromatic ring is 1. The number of fused-ring (bicyclic) bond motifs is 3. The Morgan fingerprint density at radius 1 is 1.04 bits per heavy atom. The average Bonchev–Trinajstić information content (AvgIpc) is 2.98. The van der Waals surface area contributed by atoms with Crippen LogP contribution in [-0.4, -0.2) is 27.2 Å². The fourth-order valence-electron chi connectivity index (χ4n) is 2.91. The molecule has 1 aliphatic rings. The third kappa shape index (κ3) is 2.15. The quantitative estimate of drug-likeness (QED) is 0.698. The molecule has 0 saturated heterocycles. The summed E-state index contributed by atoms with van der Waals surface area (Å²) < 4.78 is 1.93. The SMILES string of the molecule is Nc1ccccc1C(=O)N1CCc2nncn2-c2ccccc21. The van der Waals surface area contributed by atoms with Crippen molar-refractivity contribution in [2.45, 2.75) is 6.42 Å². The second kappa shape index (κ2) is 5.24. The van der Waals surface area contributed by atoms with Crippen LogP contribution in [0, 0.1) is 0 Å². The summed E-state index contributed by atoms with van der Waals surface area (Å²) in [6.07, 6.45) is 2.31. The van der Waals surface area contributed by atoms with Gasteiger partial charge in [-0.2, -0.15) is 0 Å². The average molecular weight is 305 g/mol. The number of hydrogen-bond donors (Lipinski definition) is 1. The second-order valence-corrected chi connectivity index (χ2v) is 5.40. The molecule has 0 saturated carbocycles. The molecule has 0 radical (unpaired) electrons. The number of nitrogens with two attached hydrogens (primary N) is 1. The Labute approximate surface area is 133 Å². The molecule has 0 spiro atoms. The number of amides is 1. The Balaban J connectivity index is 1.83. The number of rotatable bonds is 1. The lowest BCUT2D eigenvalue weighted by Crippen LogP contribution is -2.33. The van der Waals surface area contributed by atoms with E-state index in [0.29, 0.717) is 24.2 Å². The standard InChI is InChI=1S/C17H15N5O/c18-13-6-2-1-5-12(13)17(23)21-10-9-16-20-19-11-22(16)15-8-4-3-7-14(15)21/h1-8,11H,9-10,18H2. The third-order valence-corrected chi connectivity index (χ3v) is 4.05. The highest BCUT2D eigenvalue weighted by atomic mass is 16.2. The van der Waals surface area contributed by atoms with E-state index < -0.39 is 0 Å². The Morgan fingerprint density at radius 3 is 2.61 bits per heavy atom. The van der Waals surface area contributed by atoms with Gasteiger partial charge in [-0.1, -0.05) is 24.3 Å². The van der Waals surface area contributed by atoms with Crippen LogP contribution in [0.25, 0.3) is 5.69 Å². The van der Waals surface area contributed by atoms with Crippen molar-refractivity contribution < 1.29 is 4.79 Å². The zero-order chi connectivity index (χ0) is 15.8. The number of anilines is 2. The molecule has 2 aromatic carbocycles. The Bertz CT molecular complexity index is 886. The minimum Gasteiger partial charge on any atom is -0.398 e. The van der Waals surface area contributed by atoms with E-state index in [4.69, 9.17) is 5.73 Å². The maximum atomic E-state index is 13.0. The monoisotopic (exact) mass is 305 g/mol. The van der Waals surface area contributed by atoms with E-state index in [9.17, 15) is 4.79 Å². The molecule has 23 heavy (non-hydrogen) atoms. The molecule has 0 unspecified atom stereocenters. The minimum atomic E-state index is -0.103. The van der Waals surface area contributed by atoms with Gasteiger partial charge in [-0.3, -0.25) is 9.36 Å². The molecule has 6 nitrogen and oxygen atoms in total. The summed E-state index contributed by atoms with van der Waals surface area (Å²) in [5.41, 5.74) is 8.70. The Hall–Kier alpha value is -3.15. The van der Waals surface area contributed by atoms with Gasteiger partial charge in [0.25, 0.3) is 5.91 Å².